The molecule has 360 valence electrons. The summed E-state index contributed by atoms with van der Waals surface area (Å²) in [4.78, 5) is 7.18. The minimum Gasteiger partial charge on any atom is -0.310 e. The number of hydrogen-bond donors (Lipinski definition) is 0. The van der Waals surface area contributed by atoms with Crippen LogP contribution in [0.2, 0.25) is 0 Å². The molecule has 76 heavy (non-hydrogen) atoms. The van der Waals surface area contributed by atoms with Crippen LogP contribution in [0.3, 0.4) is 0 Å². The quantitative estimate of drug-likeness (QED) is 0.114. The molecule has 0 spiro atoms. The van der Waals surface area contributed by atoms with Crippen LogP contribution in [0.25, 0.3) is 60.9 Å². The molecule has 0 fully saturated rings. The van der Waals surface area contributed by atoms with Crippen molar-refractivity contribution in [3.8, 4) is 39.1 Å². The Kier molecular flexibility index (Phi) is 12.3. The van der Waals surface area contributed by atoms with Gasteiger partial charge < -0.3 is 19.3 Å². The van der Waals surface area contributed by atoms with Crippen LogP contribution in [0.5, 0.6) is 0 Å². The molecule has 12 aromatic carbocycles. The van der Waals surface area contributed by atoms with Crippen molar-refractivity contribution in [1.82, 2.24) is 4.57 Å². The van der Waals surface area contributed by atoms with E-state index < -0.39 is 0 Å². The van der Waals surface area contributed by atoms with E-state index in [1.807, 2.05) is 0 Å². The van der Waals surface area contributed by atoms with Gasteiger partial charge in [-0.3, -0.25) is 0 Å². The number of fused-ring (bicyclic) bond motifs is 3. The Bertz CT molecular complexity index is 3910. The van der Waals surface area contributed by atoms with Crippen molar-refractivity contribution in [2.45, 2.75) is 0 Å². The normalized spacial score (nSPS) is 11.2. The lowest BCUT2D eigenvalue weighted by molar-refractivity contribution is 1.16. The lowest BCUT2D eigenvalue weighted by Gasteiger charge is -2.30. The second kappa shape index (κ2) is 20.4. The maximum atomic E-state index is 2.46. The van der Waals surface area contributed by atoms with E-state index in [-0.39, 0.29) is 0 Å². The summed E-state index contributed by atoms with van der Waals surface area (Å²) in [7, 11) is 0. The summed E-state index contributed by atoms with van der Waals surface area (Å²) in [6.07, 6.45) is 0. The van der Waals surface area contributed by atoms with Gasteiger partial charge >= 0.3 is 0 Å². The van der Waals surface area contributed by atoms with Gasteiger partial charge in [0.2, 0.25) is 0 Å². The van der Waals surface area contributed by atoms with Crippen LogP contribution >= 0.6 is 0 Å². The fourth-order valence-electron chi connectivity index (χ4n) is 10.8. The van der Waals surface area contributed by atoms with Crippen LogP contribution in [-0.2, 0) is 0 Å². The zero-order valence-electron chi connectivity index (χ0n) is 41.8. The highest BCUT2D eigenvalue weighted by molar-refractivity contribution is 6.16. The van der Waals surface area contributed by atoms with Gasteiger partial charge in [-0.05, 0) is 143 Å². The summed E-state index contributed by atoms with van der Waals surface area (Å²) in [6.45, 7) is 0. The Morgan fingerprint density at radius 3 is 0.947 bits per heavy atom. The van der Waals surface area contributed by atoms with Crippen LogP contribution in [0, 0.1) is 0 Å². The number of benzene rings is 12. The van der Waals surface area contributed by atoms with E-state index in [4.69, 9.17) is 0 Å². The molecule has 0 amide bonds. The van der Waals surface area contributed by atoms with E-state index in [1.165, 1.54) is 33.4 Å². The van der Waals surface area contributed by atoms with E-state index in [0.29, 0.717) is 0 Å². The monoisotopic (exact) mass is 972 g/mol. The first kappa shape index (κ1) is 45.7. The molecule has 13 rings (SSSR count). The van der Waals surface area contributed by atoms with Crippen molar-refractivity contribution in [2.75, 3.05) is 14.7 Å². The molecule has 0 saturated carbocycles. The molecular weight excluding hydrogens is 921 g/mol. The van der Waals surface area contributed by atoms with Crippen molar-refractivity contribution >= 4 is 73.0 Å². The Balaban J connectivity index is 1.05. The zero-order valence-corrected chi connectivity index (χ0v) is 41.8. The minimum atomic E-state index is 1.01. The maximum Gasteiger partial charge on any atom is 0.0562 e. The smallest absolute Gasteiger partial charge is 0.0562 e. The average Bonchev–Trinajstić information content (AvgIpc) is 3.89. The third kappa shape index (κ3) is 8.84. The first-order chi connectivity index (χ1) is 37.7. The Morgan fingerprint density at radius 2 is 0.526 bits per heavy atom. The van der Waals surface area contributed by atoms with Crippen molar-refractivity contribution in [3.05, 3.63) is 315 Å². The topological polar surface area (TPSA) is 14.7 Å². The summed E-state index contributed by atoms with van der Waals surface area (Å²) in [5.41, 5.74) is 19.8. The Hall–Kier alpha value is -10.2. The van der Waals surface area contributed by atoms with Crippen molar-refractivity contribution in [1.29, 1.82) is 0 Å². The SMILES string of the molecule is c1ccc(-c2ccc(N(c3ccccc3)c3cc(N(c4ccccc4)c4ccc(-c5ccccc5)cc4)cc(-n4c5ccccc5c5c(N(c6ccccc6)c6ccc(-c7ccccc7)cc6)cccc54)c3)cc2)cc1. The second-order valence-corrected chi connectivity index (χ2v) is 19.0. The zero-order chi connectivity index (χ0) is 50.6. The summed E-state index contributed by atoms with van der Waals surface area (Å²) in [5, 5.41) is 2.32. The fraction of sp³-hybridized carbons (Fsp3) is 0. The van der Waals surface area contributed by atoms with Gasteiger partial charge in [-0.1, -0.05) is 206 Å². The van der Waals surface area contributed by atoms with Crippen LogP contribution in [0.1, 0.15) is 0 Å². The summed E-state index contributed by atoms with van der Waals surface area (Å²) >= 11 is 0. The third-order valence-electron chi connectivity index (χ3n) is 14.3. The van der Waals surface area contributed by atoms with Crippen molar-refractivity contribution in [2.24, 2.45) is 0 Å². The van der Waals surface area contributed by atoms with E-state index >= 15 is 0 Å². The molecule has 0 saturated heterocycles. The van der Waals surface area contributed by atoms with Crippen LogP contribution in [0.4, 0.5) is 51.2 Å². The molecule has 1 aromatic heterocycles. The van der Waals surface area contributed by atoms with E-state index in [2.05, 4.69) is 335 Å². The standard InChI is InChI=1S/C72H52N4/c1-7-22-53(23-8-1)56-38-44-62(45-39-56)73(59-28-13-4-14-29-59)65-50-66(74(60-30-15-5-16-31-60)63-46-40-57(41-47-63)54-24-9-2-10-25-54)52-67(51-65)76-69-35-20-19-34-68(69)72-70(36-21-37-71(72)76)75(61-32-17-6-18-33-61)64-48-42-58(43-49-64)55-26-11-3-12-27-55/h1-52H. The molecule has 1 heterocycles. The first-order valence-corrected chi connectivity index (χ1v) is 25.9. The lowest BCUT2D eigenvalue weighted by Crippen LogP contribution is -2.14. The molecule has 0 N–H and O–H groups in total. The second-order valence-electron chi connectivity index (χ2n) is 19.0. The van der Waals surface area contributed by atoms with Crippen LogP contribution in [-0.4, -0.2) is 4.57 Å². The first-order valence-electron chi connectivity index (χ1n) is 25.9. The minimum absolute atomic E-state index is 1.01. The fourth-order valence-corrected chi connectivity index (χ4v) is 10.8. The molecule has 13 aromatic rings. The molecule has 0 aliphatic rings. The maximum absolute atomic E-state index is 2.46. The van der Waals surface area contributed by atoms with E-state index in [9.17, 15) is 0 Å². The van der Waals surface area contributed by atoms with Crippen LogP contribution < -0.4 is 14.7 Å². The number of anilines is 9. The van der Waals surface area contributed by atoms with Gasteiger partial charge in [0, 0.05) is 44.9 Å². The predicted molar refractivity (Wildman–Crippen MR) is 321 cm³/mol. The molecule has 0 aliphatic carbocycles. The number of nitrogens with zero attached hydrogens (tertiary/aromatic N) is 4. The van der Waals surface area contributed by atoms with Gasteiger partial charge in [0.05, 0.1) is 33.8 Å². The van der Waals surface area contributed by atoms with E-state index in [1.54, 1.807) is 0 Å². The number of rotatable bonds is 13. The van der Waals surface area contributed by atoms with Gasteiger partial charge in [0.1, 0.15) is 0 Å². The van der Waals surface area contributed by atoms with Crippen molar-refractivity contribution < 1.29 is 0 Å². The Morgan fingerprint density at radius 1 is 0.211 bits per heavy atom. The molecule has 0 aliphatic heterocycles. The summed E-state index contributed by atoms with van der Waals surface area (Å²) in [6, 6.07) is 114. The molecular formula is C72H52N4. The molecule has 0 atom stereocenters. The lowest BCUT2D eigenvalue weighted by atomic mass is 10.0. The molecule has 4 heteroatoms. The van der Waals surface area contributed by atoms with E-state index in [0.717, 1.165) is 78.7 Å². The molecule has 0 bridgehead atoms. The highest BCUT2D eigenvalue weighted by atomic mass is 15.2. The summed E-state index contributed by atoms with van der Waals surface area (Å²) < 4.78 is 2.46. The Labute approximate surface area is 444 Å². The molecule has 0 unspecified atom stereocenters. The molecule has 4 nitrogen and oxygen atoms in total. The number of hydrogen-bond acceptors (Lipinski definition) is 3. The molecule has 0 radical (unpaired) electrons. The van der Waals surface area contributed by atoms with Gasteiger partial charge in [-0.15, -0.1) is 0 Å². The van der Waals surface area contributed by atoms with Gasteiger partial charge in [-0.25, -0.2) is 0 Å². The van der Waals surface area contributed by atoms with Crippen molar-refractivity contribution in [3.63, 3.8) is 0 Å². The number of para-hydroxylation sites is 4. The predicted octanol–water partition coefficient (Wildman–Crippen LogP) is 20.2. The average molecular weight is 973 g/mol. The van der Waals surface area contributed by atoms with Gasteiger partial charge in [-0.2, -0.15) is 0 Å². The summed E-state index contributed by atoms with van der Waals surface area (Å²) in [5.74, 6) is 0. The van der Waals surface area contributed by atoms with Gasteiger partial charge in [0.25, 0.3) is 0 Å². The van der Waals surface area contributed by atoms with Gasteiger partial charge in [0.15, 0.2) is 0 Å². The highest BCUT2D eigenvalue weighted by Gasteiger charge is 2.24. The van der Waals surface area contributed by atoms with Crippen LogP contribution in [0.15, 0.2) is 315 Å². The largest absolute Gasteiger partial charge is 0.310 e. The highest BCUT2D eigenvalue weighted by Crippen LogP contribution is 2.47. The number of aromatic nitrogens is 1. The third-order valence-corrected chi connectivity index (χ3v) is 14.3.